The molecule has 0 saturated carbocycles. The van der Waals surface area contributed by atoms with Gasteiger partial charge in [-0.05, 0) is 13.8 Å². The normalized spacial score (nSPS) is 35.1. The van der Waals surface area contributed by atoms with Crippen molar-refractivity contribution < 1.29 is 9.84 Å². The van der Waals surface area contributed by atoms with Crippen LogP contribution < -0.4 is 0 Å². The fourth-order valence-electron chi connectivity index (χ4n) is 1.38. The van der Waals surface area contributed by atoms with E-state index < -0.39 is 11.2 Å². The molecule has 0 aliphatic carbocycles. The van der Waals surface area contributed by atoms with Gasteiger partial charge in [-0.3, -0.25) is 0 Å². The Labute approximate surface area is 67.6 Å². The lowest BCUT2D eigenvalue weighted by Gasteiger charge is -2.33. The summed E-state index contributed by atoms with van der Waals surface area (Å²) in [4.78, 5) is 0. The van der Waals surface area contributed by atoms with Crippen LogP contribution in [0.25, 0.3) is 0 Å². The zero-order valence-electron chi connectivity index (χ0n) is 7.05. The monoisotopic (exact) mass is 154 g/mol. The van der Waals surface area contributed by atoms with E-state index in [-0.39, 0.29) is 0 Å². The molecule has 0 radical (unpaired) electrons. The molecule has 1 heterocycles. The second kappa shape index (κ2) is 2.51. The predicted molar refractivity (Wildman–Crippen MR) is 43.0 cm³/mol. The lowest BCUT2D eigenvalue weighted by atomic mass is 9.83. The van der Waals surface area contributed by atoms with Gasteiger partial charge in [-0.15, -0.1) is 12.3 Å². The van der Waals surface area contributed by atoms with Crippen LogP contribution in [0.2, 0.25) is 0 Å². The van der Waals surface area contributed by atoms with Gasteiger partial charge in [-0.1, -0.05) is 0 Å². The Morgan fingerprint density at radius 2 is 2.27 bits per heavy atom. The Bertz CT molecular complexity index is 190. The number of rotatable bonds is 1. The predicted octanol–water partition coefficient (Wildman–Crippen LogP) is 0.940. The first kappa shape index (κ1) is 8.58. The average Bonchev–Trinajstić information content (AvgIpc) is 2.09. The Morgan fingerprint density at radius 1 is 1.64 bits per heavy atom. The minimum Gasteiger partial charge on any atom is -0.386 e. The van der Waals surface area contributed by atoms with Crippen LogP contribution in [0.15, 0.2) is 0 Å². The van der Waals surface area contributed by atoms with Crippen LogP contribution in [0.1, 0.15) is 26.7 Å². The van der Waals surface area contributed by atoms with Crippen molar-refractivity contribution in [3.05, 3.63) is 0 Å². The van der Waals surface area contributed by atoms with Crippen molar-refractivity contribution in [2.45, 2.75) is 37.9 Å². The standard InChI is InChI=1S/C9H14O2/c1-4-5-9(10)6-7-11-8(9,2)3/h1,10H,5-7H2,2-3H3. The van der Waals surface area contributed by atoms with Crippen molar-refractivity contribution in [3.8, 4) is 12.3 Å². The third-order valence-electron chi connectivity index (χ3n) is 2.49. The van der Waals surface area contributed by atoms with E-state index in [1.54, 1.807) is 0 Å². The minimum atomic E-state index is -0.818. The van der Waals surface area contributed by atoms with Crippen LogP contribution in [0.3, 0.4) is 0 Å². The Balaban J connectivity index is 2.77. The lowest BCUT2D eigenvalue weighted by molar-refractivity contribution is -0.0940. The maximum atomic E-state index is 9.95. The first-order valence-electron chi connectivity index (χ1n) is 3.82. The molecule has 0 amide bonds. The maximum Gasteiger partial charge on any atom is 0.106 e. The summed E-state index contributed by atoms with van der Waals surface area (Å²) < 4.78 is 5.36. The molecule has 1 N–H and O–H groups in total. The van der Waals surface area contributed by atoms with Crippen molar-refractivity contribution in [1.29, 1.82) is 0 Å². The highest BCUT2D eigenvalue weighted by Gasteiger charge is 2.48. The zero-order valence-corrected chi connectivity index (χ0v) is 7.05. The van der Waals surface area contributed by atoms with Crippen LogP contribution in [-0.4, -0.2) is 22.9 Å². The Hall–Kier alpha value is -0.520. The van der Waals surface area contributed by atoms with Gasteiger partial charge >= 0.3 is 0 Å². The SMILES string of the molecule is C#CCC1(O)CCOC1(C)C. The van der Waals surface area contributed by atoms with Crippen LogP contribution in [0, 0.1) is 12.3 Å². The fourth-order valence-corrected chi connectivity index (χ4v) is 1.38. The largest absolute Gasteiger partial charge is 0.386 e. The van der Waals surface area contributed by atoms with Gasteiger partial charge in [0, 0.05) is 12.8 Å². The van der Waals surface area contributed by atoms with Gasteiger partial charge in [-0.25, -0.2) is 0 Å². The summed E-state index contributed by atoms with van der Waals surface area (Å²) in [5.74, 6) is 2.48. The molecule has 62 valence electrons. The summed E-state index contributed by atoms with van der Waals surface area (Å²) in [7, 11) is 0. The molecule has 0 aromatic rings. The third kappa shape index (κ3) is 1.26. The topological polar surface area (TPSA) is 29.5 Å². The molecule has 0 aromatic carbocycles. The average molecular weight is 154 g/mol. The molecule has 1 aliphatic heterocycles. The molecule has 11 heavy (non-hydrogen) atoms. The Morgan fingerprint density at radius 3 is 2.64 bits per heavy atom. The van der Waals surface area contributed by atoms with Gasteiger partial charge in [0.1, 0.15) is 5.60 Å². The van der Waals surface area contributed by atoms with Crippen molar-refractivity contribution in [2.75, 3.05) is 6.61 Å². The smallest absolute Gasteiger partial charge is 0.106 e. The molecule has 1 unspecified atom stereocenters. The summed E-state index contributed by atoms with van der Waals surface area (Å²) in [6, 6.07) is 0. The molecule has 1 fully saturated rings. The van der Waals surface area contributed by atoms with Gasteiger partial charge in [-0.2, -0.15) is 0 Å². The van der Waals surface area contributed by atoms with Gasteiger partial charge in [0.15, 0.2) is 0 Å². The zero-order chi connectivity index (χ0) is 8.54. The van der Waals surface area contributed by atoms with Gasteiger partial charge < -0.3 is 9.84 Å². The van der Waals surface area contributed by atoms with Crippen LogP contribution in [-0.2, 0) is 4.74 Å². The van der Waals surface area contributed by atoms with Crippen molar-refractivity contribution in [3.63, 3.8) is 0 Å². The number of terminal acetylenes is 1. The summed E-state index contributed by atoms with van der Waals surface area (Å²) >= 11 is 0. The first-order chi connectivity index (χ1) is 5.02. The summed E-state index contributed by atoms with van der Waals surface area (Å²) in [6.45, 7) is 4.35. The summed E-state index contributed by atoms with van der Waals surface area (Å²) in [5, 5.41) is 9.95. The highest BCUT2D eigenvalue weighted by Crippen LogP contribution is 2.37. The number of ether oxygens (including phenoxy) is 1. The lowest BCUT2D eigenvalue weighted by Crippen LogP contribution is -2.45. The molecule has 1 atom stereocenters. The molecule has 2 nitrogen and oxygen atoms in total. The van der Waals surface area contributed by atoms with Crippen LogP contribution >= 0.6 is 0 Å². The highest BCUT2D eigenvalue weighted by atomic mass is 16.5. The van der Waals surface area contributed by atoms with E-state index >= 15 is 0 Å². The van der Waals surface area contributed by atoms with Gasteiger partial charge in [0.05, 0.1) is 12.2 Å². The molecule has 0 bridgehead atoms. The van der Waals surface area contributed by atoms with E-state index in [9.17, 15) is 5.11 Å². The first-order valence-corrected chi connectivity index (χ1v) is 3.82. The number of aliphatic hydroxyl groups is 1. The van der Waals surface area contributed by atoms with Gasteiger partial charge in [0.25, 0.3) is 0 Å². The number of hydrogen-bond acceptors (Lipinski definition) is 2. The molecular formula is C9H14O2. The minimum absolute atomic E-state index is 0.375. The quantitative estimate of drug-likeness (QED) is 0.569. The van der Waals surface area contributed by atoms with E-state index in [0.29, 0.717) is 19.4 Å². The van der Waals surface area contributed by atoms with Crippen LogP contribution in [0.5, 0.6) is 0 Å². The van der Waals surface area contributed by atoms with Crippen molar-refractivity contribution in [1.82, 2.24) is 0 Å². The summed E-state index contributed by atoms with van der Waals surface area (Å²) in [6.07, 6.45) is 6.17. The molecule has 0 aromatic heterocycles. The second-order valence-corrected chi connectivity index (χ2v) is 3.52. The van der Waals surface area contributed by atoms with Crippen molar-refractivity contribution in [2.24, 2.45) is 0 Å². The molecule has 2 heteroatoms. The van der Waals surface area contributed by atoms with Crippen LogP contribution in [0.4, 0.5) is 0 Å². The van der Waals surface area contributed by atoms with E-state index in [2.05, 4.69) is 5.92 Å². The summed E-state index contributed by atoms with van der Waals surface area (Å²) in [5.41, 5.74) is -1.30. The number of hydrogen-bond donors (Lipinski definition) is 1. The molecule has 1 aliphatic rings. The molecule has 1 rings (SSSR count). The maximum absolute atomic E-state index is 9.95. The molecule has 0 spiro atoms. The second-order valence-electron chi connectivity index (χ2n) is 3.52. The van der Waals surface area contributed by atoms with Crippen molar-refractivity contribution >= 4 is 0 Å². The van der Waals surface area contributed by atoms with Gasteiger partial charge in [0.2, 0.25) is 0 Å². The highest BCUT2D eigenvalue weighted by molar-refractivity contribution is 5.06. The van der Waals surface area contributed by atoms with E-state index in [1.165, 1.54) is 0 Å². The molecular weight excluding hydrogens is 140 g/mol. The fraction of sp³-hybridized carbons (Fsp3) is 0.778. The van der Waals surface area contributed by atoms with E-state index in [1.807, 2.05) is 13.8 Å². The third-order valence-corrected chi connectivity index (χ3v) is 2.49. The van der Waals surface area contributed by atoms with E-state index in [4.69, 9.17) is 11.2 Å². The Kier molecular flexibility index (Phi) is 1.96. The van der Waals surface area contributed by atoms with E-state index in [0.717, 1.165) is 0 Å². The molecule has 1 saturated heterocycles.